The largest absolute Gasteiger partial charge is 0.466 e. The van der Waals surface area contributed by atoms with Crippen molar-refractivity contribution in [3.8, 4) is 12.3 Å². The van der Waals surface area contributed by atoms with Gasteiger partial charge in [-0.25, -0.2) is 0 Å². The number of hydrogen-bond acceptors (Lipinski definition) is 1. The summed E-state index contributed by atoms with van der Waals surface area (Å²) in [6, 6.07) is 3.92. The van der Waals surface area contributed by atoms with Crippen LogP contribution in [-0.2, 0) is 6.42 Å². The molecule has 0 aliphatic carbocycles. The maximum Gasteiger partial charge on any atom is 0.104 e. The Labute approximate surface area is 79.5 Å². The predicted molar refractivity (Wildman–Crippen MR) is 53.0 cm³/mol. The first kappa shape index (κ1) is 9.67. The lowest BCUT2D eigenvalue weighted by atomic mass is 10.0. The van der Waals surface area contributed by atoms with Crippen LogP contribution in [0.4, 0.5) is 0 Å². The summed E-state index contributed by atoms with van der Waals surface area (Å²) < 4.78 is 5.40. The van der Waals surface area contributed by atoms with Gasteiger partial charge in [0, 0.05) is 12.3 Å². The summed E-state index contributed by atoms with van der Waals surface area (Å²) in [5, 5.41) is 0. The van der Waals surface area contributed by atoms with Crippen LogP contribution in [0.5, 0.6) is 0 Å². The van der Waals surface area contributed by atoms with E-state index >= 15 is 0 Å². The molecule has 1 aromatic heterocycles. The molecule has 0 aliphatic rings. The molecule has 67 valence electrons. The fraction of sp³-hybridized carbons (Fsp3) is 0.333. The zero-order valence-electron chi connectivity index (χ0n) is 7.79. The van der Waals surface area contributed by atoms with Gasteiger partial charge in [0.05, 0.1) is 0 Å². The van der Waals surface area contributed by atoms with Gasteiger partial charge in [-0.05, 0) is 25.5 Å². The zero-order valence-corrected chi connectivity index (χ0v) is 7.79. The minimum Gasteiger partial charge on any atom is -0.466 e. The van der Waals surface area contributed by atoms with E-state index in [0.29, 0.717) is 0 Å². The molecule has 1 unspecified atom stereocenters. The second-order valence-corrected chi connectivity index (χ2v) is 3.02. The lowest BCUT2D eigenvalue weighted by molar-refractivity contribution is 0.472. The Morgan fingerprint density at radius 2 is 2.38 bits per heavy atom. The second kappa shape index (κ2) is 4.57. The molecule has 1 nitrogen and oxygen atoms in total. The quantitative estimate of drug-likeness (QED) is 0.638. The molecule has 1 rings (SSSR count). The molecular formula is C12H13O. The highest BCUT2D eigenvalue weighted by Crippen LogP contribution is 2.12. The van der Waals surface area contributed by atoms with Gasteiger partial charge in [0.25, 0.3) is 0 Å². The summed E-state index contributed by atoms with van der Waals surface area (Å²) in [7, 11) is 0. The number of furan rings is 1. The van der Waals surface area contributed by atoms with Gasteiger partial charge >= 0.3 is 0 Å². The van der Waals surface area contributed by atoms with E-state index in [1.807, 2.05) is 19.1 Å². The Morgan fingerprint density at radius 1 is 1.62 bits per heavy atom. The Bertz CT molecular complexity index is 314. The van der Waals surface area contributed by atoms with Gasteiger partial charge in [-0.15, -0.1) is 6.42 Å². The van der Waals surface area contributed by atoms with Crippen molar-refractivity contribution >= 4 is 0 Å². The van der Waals surface area contributed by atoms with Crippen molar-refractivity contribution < 1.29 is 4.42 Å². The molecule has 0 amide bonds. The van der Waals surface area contributed by atoms with Crippen LogP contribution in [0.25, 0.3) is 0 Å². The van der Waals surface area contributed by atoms with E-state index < -0.39 is 0 Å². The van der Waals surface area contributed by atoms with Crippen LogP contribution in [0.2, 0.25) is 0 Å². The first-order chi connectivity index (χ1) is 6.26. The summed E-state index contributed by atoms with van der Waals surface area (Å²) in [6.45, 7) is 7.28. The van der Waals surface area contributed by atoms with Crippen LogP contribution in [0.1, 0.15) is 17.9 Å². The van der Waals surface area contributed by atoms with E-state index in [-0.39, 0.29) is 5.92 Å². The average Bonchev–Trinajstić information content (AvgIpc) is 2.53. The summed E-state index contributed by atoms with van der Waals surface area (Å²) in [6.07, 6.45) is 8.50. The van der Waals surface area contributed by atoms with Crippen molar-refractivity contribution in [2.75, 3.05) is 0 Å². The molecule has 0 fully saturated rings. The highest BCUT2D eigenvalue weighted by Gasteiger charge is 2.03. The van der Waals surface area contributed by atoms with E-state index in [4.69, 9.17) is 17.4 Å². The Balaban J connectivity index is 2.43. The van der Waals surface area contributed by atoms with Gasteiger partial charge in [0.1, 0.15) is 11.5 Å². The Morgan fingerprint density at radius 3 is 2.85 bits per heavy atom. The highest BCUT2D eigenvalue weighted by molar-refractivity contribution is 5.08. The van der Waals surface area contributed by atoms with Gasteiger partial charge in [0.2, 0.25) is 0 Å². The molecule has 0 bridgehead atoms. The topological polar surface area (TPSA) is 13.1 Å². The van der Waals surface area contributed by atoms with Gasteiger partial charge in [0.15, 0.2) is 0 Å². The maximum atomic E-state index is 5.40. The van der Waals surface area contributed by atoms with Crippen molar-refractivity contribution in [2.24, 2.45) is 5.92 Å². The van der Waals surface area contributed by atoms with Crippen LogP contribution in [0, 0.1) is 31.8 Å². The maximum absolute atomic E-state index is 5.40. The molecule has 0 saturated carbocycles. The monoisotopic (exact) mass is 173 g/mol. The summed E-state index contributed by atoms with van der Waals surface area (Å²) >= 11 is 0. The molecular weight excluding hydrogens is 160 g/mol. The smallest absolute Gasteiger partial charge is 0.104 e. The minimum absolute atomic E-state index is 0.0467. The number of aryl methyl sites for hydroxylation is 2. The molecule has 0 saturated heterocycles. The standard InChI is InChI=1S/C12H13O/c1-4-11(5-2)7-9-12-8-6-10(3)13-12/h1-2,4,6,8,11H,7,9H2,3H3. The Hall–Kier alpha value is -1.42. The normalized spacial score (nSPS) is 12.0. The lowest BCUT2D eigenvalue weighted by Crippen LogP contribution is -1.94. The molecule has 1 heteroatoms. The number of hydrogen-bond donors (Lipinski definition) is 0. The molecule has 13 heavy (non-hydrogen) atoms. The van der Waals surface area contributed by atoms with Gasteiger partial charge in [-0.1, -0.05) is 18.6 Å². The molecule has 0 aliphatic heterocycles. The molecule has 0 N–H and O–H groups in total. The van der Waals surface area contributed by atoms with Crippen molar-refractivity contribution in [1.29, 1.82) is 0 Å². The van der Waals surface area contributed by atoms with E-state index in [1.165, 1.54) is 0 Å². The van der Waals surface area contributed by atoms with Gasteiger partial charge in [-0.2, -0.15) is 0 Å². The van der Waals surface area contributed by atoms with Gasteiger partial charge < -0.3 is 4.42 Å². The Kier molecular flexibility index (Phi) is 3.40. The summed E-state index contributed by atoms with van der Waals surface area (Å²) in [5.41, 5.74) is 0. The molecule has 1 heterocycles. The van der Waals surface area contributed by atoms with Crippen molar-refractivity contribution in [3.05, 3.63) is 36.3 Å². The SMILES string of the molecule is [CH]=CC(C#C)CCc1ccc(C)o1. The highest BCUT2D eigenvalue weighted by atomic mass is 16.3. The van der Waals surface area contributed by atoms with E-state index in [1.54, 1.807) is 6.08 Å². The van der Waals surface area contributed by atoms with E-state index in [9.17, 15) is 0 Å². The molecule has 1 aromatic rings. The molecule has 1 atom stereocenters. The molecule has 0 aromatic carbocycles. The molecule has 1 radical (unpaired) electrons. The fourth-order valence-electron chi connectivity index (χ4n) is 1.15. The van der Waals surface area contributed by atoms with Crippen LogP contribution in [0.3, 0.4) is 0 Å². The predicted octanol–water partition coefficient (Wildman–Crippen LogP) is 2.76. The third kappa shape index (κ3) is 2.83. The molecule has 0 spiro atoms. The third-order valence-electron chi connectivity index (χ3n) is 1.94. The number of terminal acetylenes is 1. The first-order valence-electron chi connectivity index (χ1n) is 4.32. The number of allylic oxidation sites excluding steroid dienone is 1. The van der Waals surface area contributed by atoms with Crippen LogP contribution in [-0.4, -0.2) is 0 Å². The van der Waals surface area contributed by atoms with Crippen LogP contribution in [0.15, 0.2) is 22.6 Å². The van der Waals surface area contributed by atoms with Crippen molar-refractivity contribution in [2.45, 2.75) is 19.8 Å². The fourth-order valence-corrected chi connectivity index (χ4v) is 1.15. The van der Waals surface area contributed by atoms with Crippen molar-refractivity contribution in [1.82, 2.24) is 0 Å². The zero-order chi connectivity index (χ0) is 9.68. The van der Waals surface area contributed by atoms with Crippen LogP contribution < -0.4 is 0 Å². The number of rotatable bonds is 4. The third-order valence-corrected chi connectivity index (χ3v) is 1.94. The average molecular weight is 173 g/mol. The van der Waals surface area contributed by atoms with Gasteiger partial charge in [-0.3, -0.25) is 0 Å². The summed E-state index contributed by atoms with van der Waals surface area (Å²) in [4.78, 5) is 0. The second-order valence-electron chi connectivity index (χ2n) is 3.02. The van der Waals surface area contributed by atoms with E-state index in [2.05, 4.69) is 5.92 Å². The summed E-state index contributed by atoms with van der Waals surface area (Å²) in [5.74, 6) is 4.56. The van der Waals surface area contributed by atoms with E-state index in [0.717, 1.165) is 24.4 Å². The van der Waals surface area contributed by atoms with Crippen LogP contribution >= 0.6 is 0 Å². The first-order valence-corrected chi connectivity index (χ1v) is 4.32. The van der Waals surface area contributed by atoms with Crippen molar-refractivity contribution in [3.63, 3.8) is 0 Å². The minimum atomic E-state index is 0.0467. The lowest BCUT2D eigenvalue weighted by Gasteiger charge is -2.01.